The number of nitrogens with zero attached hydrogens (tertiary/aromatic N) is 4. The maximum absolute atomic E-state index is 13.9. The summed E-state index contributed by atoms with van der Waals surface area (Å²) < 4.78 is 43.0. The number of aromatic nitrogens is 3. The van der Waals surface area contributed by atoms with Crippen molar-refractivity contribution < 1.29 is 18.0 Å². The molecule has 4 aromatic rings. The molecule has 36 heavy (non-hydrogen) atoms. The average Bonchev–Trinajstić information content (AvgIpc) is 3.14. The quantitative estimate of drug-likeness (QED) is 0.273. The molecule has 0 aliphatic carbocycles. The number of carbonyl (C=O) groups is 1. The molecule has 192 valence electrons. The third-order valence-electron chi connectivity index (χ3n) is 5.05. The van der Waals surface area contributed by atoms with Crippen molar-refractivity contribution in [1.82, 2.24) is 19.3 Å². The minimum atomic E-state index is -4.69. The second-order valence-electron chi connectivity index (χ2n) is 7.60. The predicted octanol–water partition coefficient (Wildman–Crippen LogP) is 6.78. The molecular formula is C23H20Cl4F3N5O. The van der Waals surface area contributed by atoms with E-state index in [4.69, 9.17) is 23.2 Å². The minimum absolute atomic E-state index is 0. The summed E-state index contributed by atoms with van der Waals surface area (Å²) >= 11 is 12.2. The van der Waals surface area contributed by atoms with Crippen LogP contribution in [0.3, 0.4) is 0 Å². The number of hydrogen-bond acceptors (Lipinski definition) is 4. The van der Waals surface area contributed by atoms with E-state index in [2.05, 4.69) is 15.3 Å². The lowest BCUT2D eigenvalue weighted by Crippen LogP contribution is -2.21. The lowest BCUT2D eigenvalue weighted by molar-refractivity contribution is -0.141. The number of hydrogen-bond donors (Lipinski definition) is 1. The van der Waals surface area contributed by atoms with Crippen molar-refractivity contribution in [3.63, 3.8) is 0 Å². The zero-order chi connectivity index (χ0) is 24.5. The Kier molecular flexibility index (Phi) is 9.99. The molecule has 1 aromatic carbocycles. The van der Waals surface area contributed by atoms with Crippen molar-refractivity contribution in [2.24, 2.45) is 0 Å². The highest BCUT2D eigenvalue weighted by Crippen LogP contribution is 2.34. The smallest absolute Gasteiger partial charge is 0.319 e. The van der Waals surface area contributed by atoms with Crippen LogP contribution in [0.25, 0.3) is 5.65 Å². The average molecular weight is 581 g/mol. The third kappa shape index (κ3) is 6.41. The molecule has 0 atom stereocenters. The van der Waals surface area contributed by atoms with E-state index in [1.165, 1.54) is 34.9 Å². The van der Waals surface area contributed by atoms with Crippen molar-refractivity contribution >= 4 is 65.3 Å². The van der Waals surface area contributed by atoms with Gasteiger partial charge in [0.1, 0.15) is 0 Å². The van der Waals surface area contributed by atoms with E-state index in [0.717, 1.165) is 5.56 Å². The van der Waals surface area contributed by atoms with Gasteiger partial charge in [0.15, 0.2) is 11.3 Å². The molecule has 0 saturated heterocycles. The number of carbonyl (C=O) groups excluding carboxylic acids is 1. The molecule has 0 saturated carbocycles. The van der Waals surface area contributed by atoms with E-state index in [1.807, 2.05) is 6.07 Å². The molecule has 1 amide bonds. The first-order valence-electron chi connectivity index (χ1n) is 10.0. The van der Waals surface area contributed by atoms with E-state index in [1.54, 1.807) is 36.5 Å². The van der Waals surface area contributed by atoms with Gasteiger partial charge >= 0.3 is 6.18 Å². The molecule has 3 aromatic heterocycles. The van der Waals surface area contributed by atoms with Gasteiger partial charge in [-0.05, 0) is 42.9 Å². The first-order valence-corrected chi connectivity index (χ1v) is 10.8. The standard InChI is InChI=1S/C23H18Cl2F3N5O.2ClH/c1-32(12-14-5-3-9-29-11-14)13-18-20(23(26,27)28)31-21-17(8-4-10-33(18)21)30-22(34)19-15(24)6-2-7-16(19)25;;/h2-11H,12-13H2,1H3,(H,30,34);2*1H. The fourth-order valence-corrected chi connectivity index (χ4v) is 4.18. The number of rotatable bonds is 6. The molecule has 1 N–H and O–H groups in total. The van der Waals surface area contributed by atoms with Gasteiger partial charge in [-0.2, -0.15) is 13.2 Å². The van der Waals surface area contributed by atoms with Crippen LogP contribution in [-0.2, 0) is 19.3 Å². The van der Waals surface area contributed by atoms with E-state index in [0.29, 0.717) is 6.54 Å². The number of amides is 1. The van der Waals surface area contributed by atoms with E-state index in [9.17, 15) is 18.0 Å². The SMILES string of the molecule is CN(Cc1cccnc1)Cc1c(C(F)(F)F)nc2c(NC(=O)c3c(Cl)cccc3Cl)cccn12.Cl.Cl. The fourth-order valence-electron chi connectivity index (χ4n) is 3.61. The maximum Gasteiger partial charge on any atom is 0.435 e. The van der Waals surface area contributed by atoms with Gasteiger partial charge in [-0.1, -0.05) is 35.3 Å². The molecule has 13 heteroatoms. The summed E-state index contributed by atoms with van der Waals surface area (Å²) in [5, 5.41) is 2.83. The topological polar surface area (TPSA) is 62.5 Å². The summed E-state index contributed by atoms with van der Waals surface area (Å²) in [4.78, 5) is 22.4. The van der Waals surface area contributed by atoms with Crippen LogP contribution in [0.1, 0.15) is 27.3 Å². The first-order chi connectivity index (χ1) is 16.1. The lowest BCUT2D eigenvalue weighted by Gasteiger charge is -2.18. The Balaban J connectivity index is 0.00000228. The molecule has 0 radical (unpaired) electrons. The zero-order valence-corrected chi connectivity index (χ0v) is 21.7. The first kappa shape index (κ1) is 29.7. The monoisotopic (exact) mass is 579 g/mol. The third-order valence-corrected chi connectivity index (χ3v) is 5.68. The molecule has 4 rings (SSSR count). The van der Waals surface area contributed by atoms with Gasteiger partial charge in [0, 0.05) is 31.7 Å². The van der Waals surface area contributed by atoms with E-state index >= 15 is 0 Å². The zero-order valence-electron chi connectivity index (χ0n) is 18.6. The minimum Gasteiger partial charge on any atom is -0.319 e. The van der Waals surface area contributed by atoms with Crippen LogP contribution in [0.5, 0.6) is 0 Å². The Morgan fingerprint density at radius 2 is 1.75 bits per heavy atom. The summed E-state index contributed by atoms with van der Waals surface area (Å²) in [7, 11) is 1.71. The van der Waals surface area contributed by atoms with Crippen LogP contribution in [0, 0.1) is 0 Å². The Morgan fingerprint density at radius 3 is 2.36 bits per heavy atom. The lowest BCUT2D eigenvalue weighted by atomic mass is 10.2. The number of halogens is 7. The van der Waals surface area contributed by atoms with Crippen molar-refractivity contribution in [2.75, 3.05) is 12.4 Å². The van der Waals surface area contributed by atoms with Crippen LogP contribution in [-0.4, -0.2) is 32.2 Å². The Bertz CT molecular complexity index is 1330. The van der Waals surface area contributed by atoms with Crippen molar-refractivity contribution in [3.05, 3.63) is 93.6 Å². The van der Waals surface area contributed by atoms with Crippen LogP contribution < -0.4 is 5.32 Å². The van der Waals surface area contributed by atoms with Crippen molar-refractivity contribution in [2.45, 2.75) is 19.3 Å². The van der Waals surface area contributed by atoms with Gasteiger partial charge in [-0.15, -0.1) is 24.8 Å². The highest BCUT2D eigenvalue weighted by molar-refractivity contribution is 6.40. The molecule has 0 aliphatic rings. The van der Waals surface area contributed by atoms with Gasteiger partial charge in [-0.25, -0.2) is 4.98 Å². The Labute approximate surface area is 227 Å². The van der Waals surface area contributed by atoms with Gasteiger partial charge in [0.2, 0.25) is 0 Å². The molecule has 0 aliphatic heterocycles. The highest BCUT2D eigenvalue weighted by Gasteiger charge is 2.38. The number of benzene rings is 1. The number of anilines is 1. The summed E-state index contributed by atoms with van der Waals surface area (Å²) in [6.45, 7) is 0.346. The number of imidazole rings is 1. The normalized spacial score (nSPS) is 11.2. The van der Waals surface area contributed by atoms with E-state index < -0.39 is 17.8 Å². The van der Waals surface area contributed by atoms with Crippen molar-refractivity contribution in [1.29, 1.82) is 0 Å². The fraction of sp³-hybridized carbons (Fsp3) is 0.174. The number of alkyl halides is 3. The van der Waals surface area contributed by atoms with Gasteiger partial charge < -0.3 is 9.72 Å². The van der Waals surface area contributed by atoms with Gasteiger partial charge in [0.05, 0.1) is 27.0 Å². The van der Waals surface area contributed by atoms with E-state index in [-0.39, 0.29) is 64.0 Å². The molecule has 6 nitrogen and oxygen atoms in total. The number of fused-ring (bicyclic) bond motifs is 1. The molecule has 0 spiro atoms. The second-order valence-corrected chi connectivity index (χ2v) is 8.42. The second kappa shape index (κ2) is 12.1. The maximum atomic E-state index is 13.9. The van der Waals surface area contributed by atoms with Crippen LogP contribution in [0.2, 0.25) is 10.0 Å². The predicted molar refractivity (Wildman–Crippen MR) is 139 cm³/mol. The summed E-state index contributed by atoms with van der Waals surface area (Å²) in [6.07, 6.45) is 0.0667. The largest absolute Gasteiger partial charge is 0.435 e. The van der Waals surface area contributed by atoms with Crippen LogP contribution in [0.4, 0.5) is 18.9 Å². The van der Waals surface area contributed by atoms with Gasteiger partial charge in [-0.3, -0.25) is 14.7 Å². The van der Waals surface area contributed by atoms with Crippen LogP contribution in [0.15, 0.2) is 61.1 Å². The molecule has 0 bridgehead atoms. The summed E-state index contributed by atoms with van der Waals surface area (Å²) in [6, 6.07) is 11.2. The Morgan fingerprint density at radius 1 is 1.06 bits per heavy atom. The molecule has 3 heterocycles. The molecular weight excluding hydrogens is 561 g/mol. The summed E-state index contributed by atoms with van der Waals surface area (Å²) in [5.74, 6) is -0.657. The molecule has 0 fully saturated rings. The highest BCUT2D eigenvalue weighted by atomic mass is 35.5. The van der Waals surface area contributed by atoms with Crippen LogP contribution >= 0.6 is 48.0 Å². The van der Waals surface area contributed by atoms with Crippen molar-refractivity contribution in [3.8, 4) is 0 Å². The Hall–Kier alpha value is -2.56. The molecule has 0 unspecified atom stereocenters. The number of nitrogens with one attached hydrogen (secondary N) is 1. The summed E-state index contributed by atoms with van der Waals surface area (Å²) in [5.41, 5.74) is -0.154. The number of pyridine rings is 2. The van der Waals surface area contributed by atoms with Gasteiger partial charge in [0.25, 0.3) is 5.91 Å².